The molecule has 1 atom stereocenters. The van der Waals surface area contributed by atoms with E-state index >= 15 is 0 Å². The summed E-state index contributed by atoms with van der Waals surface area (Å²) in [5, 5.41) is 12.7. The number of aliphatic hydroxyl groups excluding tert-OH is 1. The first-order valence-electron chi connectivity index (χ1n) is 7.27. The number of hydrogen-bond acceptors (Lipinski definition) is 4. The third kappa shape index (κ3) is 7.51. The molecule has 1 aromatic carbocycles. The molecular weight excluding hydrogens is 262 g/mol. The van der Waals surface area contributed by atoms with E-state index in [2.05, 4.69) is 31.1 Å². The Bertz CT molecular complexity index is 461. The van der Waals surface area contributed by atoms with Gasteiger partial charge in [-0.3, -0.25) is 4.99 Å². The summed E-state index contributed by atoms with van der Waals surface area (Å²) in [6.45, 7) is 7.12. The number of rotatable bonds is 7. The van der Waals surface area contributed by atoms with Crippen molar-refractivity contribution in [2.45, 2.75) is 39.8 Å². The summed E-state index contributed by atoms with van der Waals surface area (Å²) in [6, 6.07) is 10.0. The second-order valence-corrected chi connectivity index (χ2v) is 6.37. The molecule has 0 saturated carbocycles. The van der Waals surface area contributed by atoms with E-state index < -0.39 is 0 Å². The van der Waals surface area contributed by atoms with Crippen LogP contribution in [0.2, 0.25) is 0 Å². The zero-order chi connectivity index (χ0) is 15.7. The highest BCUT2D eigenvalue weighted by atomic mass is 16.3. The smallest absolute Gasteiger partial charge is 0.0682 e. The van der Waals surface area contributed by atoms with Gasteiger partial charge in [-0.05, 0) is 17.4 Å². The molecule has 4 heteroatoms. The summed E-state index contributed by atoms with van der Waals surface area (Å²) in [4.78, 5) is 4.38. The van der Waals surface area contributed by atoms with E-state index in [1.807, 2.05) is 30.3 Å². The molecule has 0 heterocycles. The van der Waals surface area contributed by atoms with Crippen LogP contribution in [0.4, 0.5) is 0 Å². The van der Waals surface area contributed by atoms with Crippen molar-refractivity contribution in [1.82, 2.24) is 5.32 Å². The van der Waals surface area contributed by atoms with Crippen LogP contribution in [0.3, 0.4) is 0 Å². The fourth-order valence-electron chi connectivity index (χ4n) is 2.10. The first-order chi connectivity index (χ1) is 9.94. The first kappa shape index (κ1) is 17.2. The molecular formula is C17H27N3O. The lowest BCUT2D eigenvalue weighted by atomic mass is 9.88. The van der Waals surface area contributed by atoms with Crippen molar-refractivity contribution < 1.29 is 5.11 Å². The SMILES string of the molecule is CC(C)(C)CC(CO)N/C(C=NCc1ccccc1)=C/N. The normalized spacial score (nSPS) is 14.4. The van der Waals surface area contributed by atoms with Gasteiger partial charge in [0.2, 0.25) is 0 Å². The average Bonchev–Trinajstić information content (AvgIpc) is 2.45. The standard InChI is InChI=1S/C17H27N3O/c1-17(2,3)9-15(13-21)20-16(10-18)12-19-11-14-7-5-4-6-8-14/h4-8,10,12,15,20-21H,9,11,13,18H2,1-3H3/b16-10+,19-12?. The van der Waals surface area contributed by atoms with Gasteiger partial charge in [-0.2, -0.15) is 0 Å². The molecule has 0 spiro atoms. The van der Waals surface area contributed by atoms with Crippen molar-refractivity contribution in [2.75, 3.05) is 6.61 Å². The van der Waals surface area contributed by atoms with Crippen molar-refractivity contribution in [3.05, 3.63) is 47.8 Å². The minimum Gasteiger partial charge on any atom is -0.403 e. The maximum Gasteiger partial charge on any atom is 0.0682 e. The molecule has 0 aliphatic heterocycles. The van der Waals surface area contributed by atoms with Crippen molar-refractivity contribution in [3.63, 3.8) is 0 Å². The van der Waals surface area contributed by atoms with E-state index in [1.165, 1.54) is 6.20 Å². The van der Waals surface area contributed by atoms with E-state index in [9.17, 15) is 5.11 Å². The highest BCUT2D eigenvalue weighted by Crippen LogP contribution is 2.20. The van der Waals surface area contributed by atoms with Crippen LogP contribution in [0.15, 0.2) is 47.2 Å². The van der Waals surface area contributed by atoms with Crippen LogP contribution < -0.4 is 11.1 Å². The molecule has 21 heavy (non-hydrogen) atoms. The van der Waals surface area contributed by atoms with Gasteiger partial charge in [-0.25, -0.2) is 0 Å². The van der Waals surface area contributed by atoms with Crippen molar-refractivity contribution in [1.29, 1.82) is 0 Å². The van der Waals surface area contributed by atoms with Gasteiger partial charge in [-0.15, -0.1) is 0 Å². The molecule has 1 aromatic rings. The molecule has 1 unspecified atom stereocenters. The zero-order valence-corrected chi connectivity index (χ0v) is 13.2. The van der Waals surface area contributed by atoms with Crippen LogP contribution in [0, 0.1) is 5.41 Å². The zero-order valence-electron chi connectivity index (χ0n) is 13.2. The van der Waals surface area contributed by atoms with Crippen molar-refractivity contribution in [2.24, 2.45) is 16.1 Å². The molecule has 0 aromatic heterocycles. The Kier molecular flexibility index (Phi) is 6.96. The Morgan fingerprint density at radius 1 is 1.33 bits per heavy atom. The molecule has 0 amide bonds. The average molecular weight is 289 g/mol. The Morgan fingerprint density at radius 3 is 2.52 bits per heavy atom. The predicted octanol–water partition coefficient (Wildman–Crippen LogP) is 2.44. The van der Waals surface area contributed by atoms with Crippen LogP contribution in [0.5, 0.6) is 0 Å². The highest BCUT2D eigenvalue weighted by Gasteiger charge is 2.18. The topological polar surface area (TPSA) is 70.6 Å². The molecule has 0 bridgehead atoms. The number of hydrogen-bond donors (Lipinski definition) is 3. The predicted molar refractivity (Wildman–Crippen MR) is 89.0 cm³/mol. The Balaban J connectivity index is 2.54. The van der Waals surface area contributed by atoms with Crippen molar-refractivity contribution >= 4 is 6.21 Å². The Morgan fingerprint density at radius 2 is 2.00 bits per heavy atom. The Labute approximate surface area is 127 Å². The van der Waals surface area contributed by atoms with Crippen molar-refractivity contribution in [3.8, 4) is 0 Å². The number of aliphatic imine (C=N–C) groups is 1. The van der Waals surface area contributed by atoms with E-state index in [1.54, 1.807) is 6.21 Å². The van der Waals surface area contributed by atoms with Gasteiger partial charge in [0, 0.05) is 18.5 Å². The summed E-state index contributed by atoms with van der Waals surface area (Å²) in [6.07, 6.45) is 4.06. The molecule has 0 fully saturated rings. The monoisotopic (exact) mass is 289 g/mol. The Hall–Kier alpha value is -1.81. The minimum absolute atomic E-state index is 0.0250. The lowest BCUT2D eigenvalue weighted by Crippen LogP contribution is -2.36. The number of benzene rings is 1. The number of aliphatic hydroxyl groups is 1. The van der Waals surface area contributed by atoms with Gasteiger partial charge in [0.25, 0.3) is 0 Å². The third-order valence-electron chi connectivity index (χ3n) is 2.98. The highest BCUT2D eigenvalue weighted by molar-refractivity contribution is 5.77. The fourth-order valence-corrected chi connectivity index (χ4v) is 2.10. The summed E-state index contributed by atoms with van der Waals surface area (Å²) < 4.78 is 0. The lowest BCUT2D eigenvalue weighted by molar-refractivity contribution is 0.207. The largest absolute Gasteiger partial charge is 0.403 e. The van der Waals surface area contributed by atoms with Crippen LogP contribution in [0.25, 0.3) is 0 Å². The molecule has 4 nitrogen and oxygen atoms in total. The summed E-state index contributed by atoms with van der Waals surface area (Å²) in [7, 11) is 0. The number of nitrogens with one attached hydrogen (secondary N) is 1. The molecule has 0 aliphatic carbocycles. The van der Waals surface area contributed by atoms with E-state index in [-0.39, 0.29) is 18.1 Å². The van der Waals surface area contributed by atoms with Crippen LogP contribution in [-0.4, -0.2) is 24.0 Å². The van der Waals surface area contributed by atoms with Gasteiger partial charge in [0.1, 0.15) is 0 Å². The molecule has 0 radical (unpaired) electrons. The first-order valence-corrected chi connectivity index (χ1v) is 7.27. The van der Waals surface area contributed by atoms with Crippen LogP contribution >= 0.6 is 0 Å². The van der Waals surface area contributed by atoms with E-state index in [0.717, 1.165) is 17.7 Å². The van der Waals surface area contributed by atoms with Gasteiger partial charge in [-0.1, -0.05) is 51.1 Å². The summed E-state index contributed by atoms with van der Waals surface area (Å²) in [5.41, 5.74) is 7.64. The second kappa shape index (κ2) is 8.47. The maximum absolute atomic E-state index is 9.46. The summed E-state index contributed by atoms with van der Waals surface area (Å²) >= 11 is 0. The molecule has 116 valence electrons. The molecule has 1 rings (SSSR count). The van der Waals surface area contributed by atoms with Gasteiger partial charge in [0.05, 0.1) is 18.8 Å². The lowest BCUT2D eigenvalue weighted by Gasteiger charge is -2.26. The molecule has 4 N–H and O–H groups in total. The number of nitrogens with zero attached hydrogens (tertiary/aromatic N) is 1. The maximum atomic E-state index is 9.46. The molecule has 0 aliphatic rings. The van der Waals surface area contributed by atoms with E-state index in [4.69, 9.17) is 5.73 Å². The van der Waals surface area contributed by atoms with Gasteiger partial charge in [0.15, 0.2) is 0 Å². The summed E-state index contributed by atoms with van der Waals surface area (Å²) in [5.74, 6) is 0. The molecule has 0 saturated heterocycles. The minimum atomic E-state index is -0.0250. The van der Waals surface area contributed by atoms with Crippen LogP contribution in [0.1, 0.15) is 32.8 Å². The van der Waals surface area contributed by atoms with Crippen LogP contribution in [-0.2, 0) is 6.54 Å². The number of nitrogens with two attached hydrogens (primary N) is 1. The third-order valence-corrected chi connectivity index (χ3v) is 2.98. The van der Waals surface area contributed by atoms with Gasteiger partial charge < -0.3 is 16.2 Å². The van der Waals surface area contributed by atoms with Gasteiger partial charge >= 0.3 is 0 Å². The quantitative estimate of drug-likeness (QED) is 0.675. The fraction of sp³-hybridized carbons (Fsp3) is 0.471. The second-order valence-electron chi connectivity index (χ2n) is 6.37. The number of allylic oxidation sites excluding steroid dienone is 1. The van der Waals surface area contributed by atoms with E-state index in [0.29, 0.717) is 6.54 Å².